The number of thiazole rings is 1. The van der Waals surface area contributed by atoms with E-state index < -0.39 is 0 Å². The van der Waals surface area contributed by atoms with Gasteiger partial charge in [-0.1, -0.05) is 35.9 Å². The zero-order valence-electron chi connectivity index (χ0n) is 14.3. The zero-order chi connectivity index (χ0) is 18.5. The van der Waals surface area contributed by atoms with Crippen molar-refractivity contribution in [1.29, 1.82) is 0 Å². The Bertz CT molecular complexity index is 949. The molecule has 3 rings (SSSR count). The van der Waals surface area contributed by atoms with E-state index >= 15 is 0 Å². The lowest BCUT2D eigenvalue weighted by atomic mass is 10.1. The molecule has 0 aliphatic rings. The predicted molar refractivity (Wildman–Crippen MR) is 108 cm³/mol. The van der Waals surface area contributed by atoms with Crippen molar-refractivity contribution in [2.45, 2.75) is 6.92 Å². The molecular weight excluding hydrogens is 368 g/mol. The van der Waals surface area contributed by atoms with E-state index in [2.05, 4.69) is 10.3 Å². The van der Waals surface area contributed by atoms with Crippen molar-refractivity contribution in [3.05, 3.63) is 70.1 Å². The van der Waals surface area contributed by atoms with E-state index in [0.29, 0.717) is 10.2 Å². The van der Waals surface area contributed by atoms with Crippen LogP contribution < -0.4 is 10.1 Å². The van der Waals surface area contributed by atoms with Gasteiger partial charge in [0.15, 0.2) is 5.13 Å². The first-order valence-corrected chi connectivity index (χ1v) is 9.11. The maximum absolute atomic E-state index is 12.1. The summed E-state index contributed by atoms with van der Waals surface area (Å²) in [5.74, 6) is 0.547. The first kappa shape index (κ1) is 18.2. The Balaban J connectivity index is 1.69. The molecule has 1 aromatic heterocycles. The molecule has 0 aliphatic carbocycles. The molecule has 0 saturated heterocycles. The van der Waals surface area contributed by atoms with Gasteiger partial charge in [-0.05, 0) is 42.8 Å². The smallest absolute Gasteiger partial charge is 0.250 e. The number of hydrogen-bond acceptors (Lipinski definition) is 4. The van der Waals surface area contributed by atoms with Gasteiger partial charge in [0, 0.05) is 21.5 Å². The van der Waals surface area contributed by atoms with Gasteiger partial charge in [0.2, 0.25) is 5.91 Å². The molecule has 3 aromatic rings. The van der Waals surface area contributed by atoms with Crippen LogP contribution in [0.3, 0.4) is 0 Å². The minimum absolute atomic E-state index is 0.229. The van der Waals surface area contributed by atoms with Gasteiger partial charge in [-0.2, -0.15) is 0 Å². The average molecular weight is 385 g/mol. The van der Waals surface area contributed by atoms with Gasteiger partial charge in [0.25, 0.3) is 0 Å². The summed E-state index contributed by atoms with van der Waals surface area (Å²) in [6.07, 6.45) is 3.23. The summed E-state index contributed by atoms with van der Waals surface area (Å²) in [6, 6.07) is 15.0. The van der Waals surface area contributed by atoms with Crippen LogP contribution in [-0.2, 0) is 4.79 Å². The van der Waals surface area contributed by atoms with E-state index in [1.165, 1.54) is 17.4 Å². The Morgan fingerprint density at radius 2 is 2.00 bits per heavy atom. The van der Waals surface area contributed by atoms with Crippen molar-refractivity contribution in [2.75, 3.05) is 12.4 Å². The molecule has 1 heterocycles. The number of aromatic nitrogens is 1. The topological polar surface area (TPSA) is 51.2 Å². The van der Waals surface area contributed by atoms with Crippen LogP contribution in [0.4, 0.5) is 5.13 Å². The highest BCUT2D eigenvalue weighted by Gasteiger charge is 2.11. The Morgan fingerprint density at radius 1 is 1.23 bits per heavy atom. The number of benzene rings is 2. The first-order valence-electron chi connectivity index (χ1n) is 7.91. The number of anilines is 1. The minimum atomic E-state index is -0.229. The van der Waals surface area contributed by atoms with E-state index in [1.54, 1.807) is 13.2 Å². The number of ether oxygens (including phenoxy) is 1. The van der Waals surface area contributed by atoms with E-state index in [0.717, 1.165) is 27.4 Å². The molecule has 1 N–H and O–H groups in total. The number of carbonyl (C=O) groups excluding carboxylic acids is 1. The number of aryl methyl sites for hydroxylation is 1. The number of methoxy groups -OCH3 is 1. The molecule has 0 fully saturated rings. The number of hydrogen-bond donors (Lipinski definition) is 1. The minimum Gasteiger partial charge on any atom is -0.497 e. The van der Waals surface area contributed by atoms with Gasteiger partial charge in [-0.3, -0.25) is 10.1 Å². The van der Waals surface area contributed by atoms with Gasteiger partial charge >= 0.3 is 0 Å². The van der Waals surface area contributed by atoms with Crippen molar-refractivity contribution >= 4 is 40.1 Å². The van der Waals surface area contributed by atoms with E-state index in [4.69, 9.17) is 16.3 Å². The van der Waals surface area contributed by atoms with Crippen LogP contribution in [-0.4, -0.2) is 18.0 Å². The van der Waals surface area contributed by atoms with Crippen LogP contribution in [0.15, 0.2) is 54.6 Å². The summed E-state index contributed by atoms with van der Waals surface area (Å²) < 4.78 is 5.11. The van der Waals surface area contributed by atoms with Crippen molar-refractivity contribution in [2.24, 2.45) is 0 Å². The predicted octanol–water partition coefficient (Wildman–Crippen LogP) is 5.43. The molecular formula is C20H17ClN2O2S. The number of rotatable bonds is 5. The molecule has 4 nitrogen and oxygen atoms in total. The van der Waals surface area contributed by atoms with E-state index in [1.807, 2.05) is 55.5 Å². The second kappa shape index (κ2) is 8.17. The second-order valence-electron chi connectivity index (χ2n) is 5.53. The van der Waals surface area contributed by atoms with Crippen molar-refractivity contribution in [3.63, 3.8) is 0 Å². The Labute approximate surface area is 161 Å². The molecule has 0 spiro atoms. The van der Waals surface area contributed by atoms with Crippen LogP contribution in [0.5, 0.6) is 5.75 Å². The number of halogens is 1. The quantitative estimate of drug-likeness (QED) is 0.596. The Morgan fingerprint density at radius 3 is 2.69 bits per heavy atom. The summed E-state index contributed by atoms with van der Waals surface area (Å²) in [5.41, 5.74) is 2.67. The molecule has 0 aliphatic heterocycles. The molecule has 0 bridgehead atoms. The third-order valence-electron chi connectivity index (χ3n) is 3.67. The average Bonchev–Trinajstić information content (AvgIpc) is 3.00. The number of nitrogens with one attached hydrogen (secondary N) is 1. The van der Waals surface area contributed by atoms with Crippen LogP contribution in [0.2, 0.25) is 5.02 Å². The molecule has 132 valence electrons. The maximum atomic E-state index is 12.1. The largest absolute Gasteiger partial charge is 0.497 e. The SMILES string of the molecule is COc1ccc(/C=C/C(=O)Nc2nc(-c3cccc(Cl)c3)c(C)s2)cc1. The highest BCUT2D eigenvalue weighted by molar-refractivity contribution is 7.16. The van der Waals surface area contributed by atoms with Crippen LogP contribution >= 0.6 is 22.9 Å². The van der Waals surface area contributed by atoms with Gasteiger partial charge in [0.05, 0.1) is 12.8 Å². The van der Waals surface area contributed by atoms with Crippen molar-refractivity contribution < 1.29 is 9.53 Å². The van der Waals surface area contributed by atoms with E-state index in [9.17, 15) is 4.79 Å². The monoisotopic (exact) mass is 384 g/mol. The Kier molecular flexibility index (Phi) is 5.71. The highest BCUT2D eigenvalue weighted by atomic mass is 35.5. The third kappa shape index (κ3) is 4.50. The van der Waals surface area contributed by atoms with Gasteiger partial charge in [0.1, 0.15) is 5.75 Å². The fourth-order valence-electron chi connectivity index (χ4n) is 2.39. The first-order chi connectivity index (χ1) is 12.5. The molecule has 26 heavy (non-hydrogen) atoms. The summed E-state index contributed by atoms with van der Waals surface area (Å²) in [5, 5.41) is 4.02. The highest BCUT2D eigenvalue weighted by Crippen LogP contribution is 2.31. The molecule has 0 saturated carbocycles. The van der Waals surface area contributed by atoms with Gasteiger partial charge in [-0.25, -0.2) is 4.98 Å². The molecule has 0 unspecified atom stereocenters. The van der Waals surface area contributed by atoms with Crippen molar-refractivity contribution in [3.8, 4) is 17.0 Å². The van der Waals surface area contributed by atoms with Crippen LogP contribution in [0.25, 0.3) is 17.3 Å². The standard InChI is InChI=1S/C20H17ClN2O2S/c1-13-19(15-4-3-5-16(21)12-15)23-20(26-13)22-18(24)11-8-14-6-9-17(25-2)10-7-14/h3-12H,1-2H3,(H,22,23,24)/b11-8+. The fraction of sp³-hybridized carbons (Fsp3) is 0.100. The van der Waals surface area contributed by atoms with Gasteiger partial charge in [-0.15, -0.1) is 11.3 Å². The van der Waals surface area contributed by atoms with E-state index in [-0.39, 0.29) is 5.91 Å². The summed E-state index contributed by atoms with van der Waals surface area (Å²) >= 11 is 7.48. The fourth-order valence-corrected chi connectivity index (χ4v) is 3.42. The number of carbonyl (C=O) groups is 1. The lowest BCUT2D eigenvalue weighted by Gasteiger charge is -2.00. The molecule has 0 atom stereocenters. The summed E-state index contributed by atoms with van der Waals surface area (Å²) in [6.45, 7) is 1.97. The summed E-state index contributed by atoms with van der Waals surface area (Å²) in [7, 11) is 1.62. The van der Waals surface area contributed by atoms with Crippen LogP contribution in [0, 0.1) is 6.92 Å². The van der Waals surface area contributed by atoms with Gasteiger partial charge < -0.3 is 4.74 Å². The lowest BCUT2D eigenvalue weighted by molar-refractivity contribution is -0.111. The normalized spacial score (nSPS) is 10.9. The summed E-state index contributed by atoms with van der Waals surface area (Å²) in [4.78, 5) is 17.7. The molecule has 1 amide bonds. The number of amides is 1. The second-order valence-corrected chi connectivity index (χ2v) is 7.17. The molecule has 0 radical (unpaired) electrons. The van der Waals surface area contributed by atoms with Crippen LogP contribution in [0.1, 0.15) is 10.4 Å². The number of nitrogens with zero attached hydrogens (tertiary/aromatic N) is 1. The molecule has 2 aromatic carbocycles. The maximum Gasteiger partial charge on any atom is 0.250 e. The Hall–Kier alpha value is -2.63. The van der Waals surface area contributed by atoms with Crippen molar-refractivity contribution in [1.82, 2.24) is 4.98 Å². The lowest BCUT2D eigenvalue weighted by Crippen LogP contribution is -2.07. The molecule has 6 heteroatoms. The third-order valence-corrected chi connectivity index (χ3v) is 4.79. The zero-order valence-corrected chi connectivity index (χ0v) is 15.9.